The van der Waals surface area contributed by atoms with E-state index in [0.717, 1.165) is 0 Å². The van der Waals surface area contributed by atoms with Gasteiger partial charge in [0.15, 0.2) is 0 Å². The van der Waals surface area contributed by atoms with Crippen molar-refractivity contribution in [3.63, 3.8) is 0 Å². The minimum atomic E-state index is -0.542. The number of thioether (sulfide) groups is 1. The van der Waals surface area contributed by atoms with Gasteiger partial charge >= 0.3 is 5.97 Å². The van der Waals surface area contributed by atoms with Crippen LogP contribution in [0.15, 0.2) is 11.3 Å². The van der Waals surface area contributed by atoms with E-state index in [-0.39, 0.29) is 17.0 Å². The van der Waals surface area contributed by atoms with Crippen molar-refractivity contribution in [1.82, 2.24) is 4.90 Å². The fourth-order valence-electron chi connectivity index (χ4n) is 2.22. The second-order valence-electron chi connectivity index (χ2n) is 4.64. The molecule has 112 valence electrons. The number of amides is 1. The van der Waals surface area contributed by atoms with E-state index in [2.05, 4.69) is 0 Å². The molecule has 1 amide bonds. The number of ether oxygens (including phenoxy) is 2. The molecule has 7 heteroatoms. The topological polar surface area (TPSA) is 72.9 Å². The fourth-order valence-corrected chi connectivity index (χ4v) is 3.27. The Hall–Kier alpha value is -1.50. The van der Waals surface area contributed by atoms with Gasteiger partial charge in [-0.15, -0.1) is 11.8 Å². The summed E-state index contributed by atoms with van der Waals surface area (Å²) >= 11 is 1.43. The Morgan fingerprint density at radius 2 is 2.05 bits per heavy atom. The number of carbonyl (C=O) groups excluding carboxylic acids is 3. The lowest BCUT2D eigenvalue weighted by Crippen LogP contribution is -2.63. The summed E-state index contributed by atoms with van der Waals surface area (Å²) in [5.74, 6) is -1.23. The van der Waals surface area contributed by atoms with Crippen molar-refractivity contribution in [1.29, 1.82) is 0 Å². The van der Waals surface area contributed by atoms with E-state index >= 15 is 0 Å². The van der Waals surface area contributed by atoms with Gasteiger partial charge in [0.05, 0.1) is 12.5 Å². The molecular formula is C13H19NO5S. The highest BCUT2D eigenvalue weighted by atomic mass is 32.2. The molecular weight excluding hydrogens is 282 g/mol. The molecule has 1 aliphatic rings. The van der Waals surface area contributed by atoms with Crippen LogP contribution in [0.2, 0.25) is 0 Å². The molecule has 0 radical (unpaired) electrons. The van der Waals surface area contributed by atoms with Crippen LogP contribution in [0.4, 0.5) is 0 Å². The second-order valence-corrected chi connectivity index (χ2v) is 5.59. The molecule has 6 nitrogen and oxygen atoms in total. The maximum atomic E-state index is 12.3. The van der Waals surface area contributed by atoms with Crippen LogP contribution < -0.4 is 0 Å². The molecule has 0 unspecified atom stereocenters. The standard InChI is InChI=1S/C13H19NO5S/c1-7(2)10(13(17)18-4)14-11(16)9(12(14)20-5)8(3)19-6-15/h6,8-9,12H,1-5H3/t8-,9-,12+/m0/s1. The molecule has 0 aromatic rings. The van der Waals surface area contributed by atoms with Crippen LogP contribution in [0.1, 0.15) is 20.8 Å². The third-order valence-corrected chi connectivity index (χ3v) is 4.18. The highest BCUT2D eigenvalue weighted by Crippen LogP contribution is 2.40. The first-order valence-corrected chi connectivity index (χ1v) is 7.40. The van der Waals surface area contributed by atoms with E-state index in [0.29, 0.717) is 12.0 Å². The number of esters is 1. The molecule has 1 aliphatic heterocycles. The number of likely N-dealkylation sites (tertiary alicyclic amines) is 1. The van der Waals surface area contributed by atoms with E-state index in [1.165, 1.54) is 23.8 Å². The smallest absolute Gasteiger partial charge is 0.354 e. The monoisotopic (exact) mass is 301 g/mol. The maximum Gasteiger partial charge on any atom is 0.354 e. The molecule has 20 heavy (non-hydrogen) atoms. The SMILES string of the molecule is COC(=O)C(=C(C)C)N1C(=O)[C@H]([C@H](C)OC=O)[C@H]1SC. The summed E-state index contributed by atoms with van der Waals surface area (Å²) in [6, 6.07) is 0. The van der Waals surface area contributed by atoms with E-state index in [1.54, 1.807) is 20.8 Å². The largest absolute Gasteiger partial charge is 0.464 e. The Morgan fingerprint density at radius 1 is 1.45 bits per heavy atom. The van der Waals surface area contributed by atoms with Gasteiger partial charge in [0.25, 0.3) is 6.47 Å². The summed E-state index contributed by atoms with van der Waals surface area (Å²) < 4.78 is 9.58. The average molecular weight is 301 g/mol. The Balaban J connectivity index is 3.04. The maximum absolute atomic E-state index is 12.3. The first-order valence-electron chi connectivity index (χ1n) is 6.11. The Labute approximate surface area is 122 Å². The van der Waals surface area contributed by atoms with Crippen molar-refractivity contribution in [2.75, 3.05) is 13.4 Å². The van der Waals surface area contributed by atoms with Gasteiger partial charge < -0.3 is 9.47 Å². The molecule has 0 aromatic carbocycles. The molecule has 0 aromatic heterocycles. The van der Waals surface area contributed by atoms with Gasteiger partial charge in [0.1, 0.15) is 17.7 Å². The fraction of sp³-hybridized carbons (Fsp3) is 0.615. The van der Waals surface area contributed by atoms with Crippen molar-refractivity contribution in [2.45, 2.75) is 32.2 Å². The van der Waals surface area contributed by atoms with E-state index < -0.39 is 18.0 Å². The number of allylic oxidation sites excluding steroid dienone is 1. The zero-order valence-corrected chi connectivity index (χ0v) is 13.0. The second kappa shape index (κ2) is 6.78. The molecule has 0 N–H and O–H groups in total. The van der Waals surface area contributed by atoms with Crippen LogP contribution >= 0.6 is 11.8 Å². The third-order valence-electron chi connectivity index (χ3n) is 3.19. The molecule has 1 saturated heterocycles. The summed E-state index contributed by atoms with van der Waals surface area (Å²) in [5.41, 5.74) is 0.957. The van der Waals surface area contributed by atoms with Crippen LogP contribution in [0, 0.1) is 5.92 Å². The van der Waals surface area contributed by atoms with Crippen LogP contribution in [-0.2, 0) is 23.9 Å². The van der Waals surface area contributed by atoms with Gasteiger partial charge in [-0.05, 0) is 32.6 Å². The average Bonchev–Trinajstić information content (AvgIpc) is 2.40. The predicted molar refractivity (Wildman–Crippen MR) is 74.6 cm³/mol. The number of β-lactam (4-membered cyclic amide) rings is 1. The Bertz CT molecular complexity index is 444. The summed E-state index contributed by atoms with van der Waals surface area (Å²) in [4.78, 5) is 35.9. The number of hydrogen-bond acceptors (Lipinski definition) is 6. The van der Waals surface area contributed by atoms with Crippen molar-refractivity contribution in [3.8, 4) is 0 Å². The van der Waals surface area contributed by atoms with Crippen molar-refractivity contribution in [3.05, 3.63) is 11.3 Å². The zero-order chi connectivity index (χ0) is 15.4. The minimum absolute atomic E-state index is 0.236. The first kappa shape index (κ1) is 16.6. The molecule has 0 bridgehead atoms. The highest BCUT2D eigenvalue weighted by Gasteiger charge is 2.53. The van der Waals surface area contributed by atoms with Crippen LogP contribution in [-0.4, -0.2) is 48.1 Å². The number of methoxy groups -OCH3 is 1. The van der Waals surface area contributed by atoms with Gasteiger partial charge in [0, 0.05) is 0 Å². The Morgan fingerprint density at radius 3 is 2.45 bits per heavy atom. The lowest BCUT2D eigenvalue weighted by molar-refractivity contribution is -0.162. The van der Waals surface area contributed by atoms with Crippen molar-refractivity contribution >= 4 is 30.1 Å². The zero-order valence-electron chi connectivity index (χ0n) is 12.2. The van der Waals surface area contributed by atoms with Crippen LogP contribution in [0.5, 0.6) is 0 Å². The number of carbonyl (C=O) groups is 3. The van der Waals surface area contributed by atoms with Crippen molar-refractivity contribution < 1.29 is 23.9 Å². The summed E-state index contributed by atoms with van der Waals surface area (Å²) in [6.07, 6.45) is 1.31. The van der Waals surface area contributed by atoms with Gasteiger partial charge in [-0.1, -0.05) is 0 Å². The van der Waals surface area contributed by atoms with Crippen LogP contribution in [0.25, 0.3) is 0 Å². The third kappa shape index (κ3) is 2.82. The molecule has 1 rings (SSSR count). The quantitative estimate of drug-likeness (QED) is 0.317. The van der Waals surface area contributed by atoms with Gasteiger partial charge in [-0.3, -0.25) is 14.5 Å². The van der Waals surface area contributed by atoms with Crippen LogP contribution in [0.3, 0.4) is 0 Å². The summed E-state index contributed by atoms with van der Waals surface area (Å²) in [7, 11) is 1.28. The molecule has 1 heterocycles. The minimum Gasteiger partial charge on any atom is -0.464 e. The summed E-state index contributed by atoms with van der Waals surface area (Å²) in [5, 5.41) is -0.249. The van der Waals surface area contributed by atoms with Gasteiger partial charge in [0.2, 0.25) is 5.91 Å². The molecule has 0 aliphatic carbocycles. The highest BCUT2D eigenvalue weighted by molar-refractivity contribution is 7.99. The number of nitrogens with zero attached hydrogens (tertiary/aromatic N) is 1. The van der Waals surface area contributed by atoms with E-state index in [4.69, 9.17) is 9.47 Å². The summed E-state index contributed by atoms with van der Waals surface area (Å²) in [6.45, 7) is 5.49. The van der Waals surface area contributed by atoms with E-state index in [1.807, 2.05) is 6.26 Å². The molecule has 0 spiro atoms. The number of rotatable bonds is 6. The van der Waals surface area contributed by atoms with Crippen molar-refractivity contribution in [2.24, 2.45) is 5.92 Å². The van der Waals surface area contributed by atoms with Gasteiger partial charge in [-0.25, -0.2) is 4.79 Å². The van der Waals surface area contributed by atoms with E-state index in [9.17, 15) is 14.4 Å². The number of hydrogen-bond donors (Lipinski definition) is 0. The Kier molecular flexibility index (Phi) is 5.62. The van der Waals surface area contributed by atoms with Gasteiger partial charge in [-0.2, -0.15) is 0 Å². The molecule has 0 saturated carbocycles. The molecule has 1 fully saturated rings. The first-order chi connectivity index (χ1) is 9.40. The predicted octanol–water partition coefficient (Wildman–Crippen LogP) is 1.16. The lowest BCUT2D eigenvalue weighted by Gasteiger charge is -2.48. The molecule has 3 atom stereocenters. The normalized spacial score (nSPS) is 22.6. The lowest BCUT2D eigenvalue weighted by atomic mass is 9.91.